The van der Waals surface area contributed by atoms with Gasteiger partial charge in [0, 0.05) is 254 Å². The molecule has 6 aromatic heterocycles. The largest absolute Gasteiger partial charge is 0.777 e. The Labute approximate surface area is 843 Å². The fourth-order valence-electron chi connectivity index (χ4n) is 13.8. The van der Waals surface area contributed by atoms with Crippen LogP contribution in [0.4, 0.5) is 25.2 Å². The van der Waals surface area contributed by atoms with Crippen LogP contribution in [0, 0.1) is 0 Å². The monoisotopic (exact) mass is 2280 g/mol. The zero-order valence-corrected chi connectivity index (χ0v) is 98.6. The number of aromatic nitrogens is 18. The summed E-state index contributed by atoms with van der Waals surface area (Å²) in [4.78, 5) is 59.5. The third kappa shape index (κ3) is 38.5. The molecule has 0 amide bonds. The van der Waals surface area contributed by atoms with Gasteiger partial charge in [0.2, 0.25) is 0 Å². The molecule has 0 saturated heterocycles. The van der Waals surface area contributed by atoms with Crippen molar-refractivity contribution in [3.05, 3.63) is 146 Å². The first kappa shape index (κ1) is 135. The second kappa shape index (κ2) is 63.9. The Morgan fingerprint density at radius 2 is 0.264 bits per heavy atom. The fraction of sp³-hybridized carbons (Fsp3) is 0.500. The molecule has 816 valence electrons. The molecule has 12 rings (SSSR count). The van der Waals surface area contributed by atoms with E-state index in [0.717, 1.165) is 66.2 Å². The van der Waals surface area contributed by atoms with E-state index in [4.69, 9.17) is 84.5 Å². The predicted octanol–water partition coefficient (Wildman–Crippen LogP) is 5.57. The molecule has 0 aliphatic rings. The lowest BCUT2D eigenvalue weighted by Crippen LogP contribution is -2.42. The van der Waals surface area contributed by atoms with Crippen LogP contribution in [0.15, 0.2) is 146 Å². The van der Waals surface area contributed by atoms with Gasteiger partial charge < -0.3 is 56.8 Å². The van der Waals surface area contributed by atoms with Gasteiger partial charge in [0.1, 0.15) is 66.2 Å². The van der Waals surface area contributed by atoms with Gasteiger partial charge in [-0.15, -0.1) is 115 Å². The number of halogens is 6. The topological polar surface area (TPSA) is 539 Å². The second-order valence-corrected chi connectivity index (χ2v) is 56.3. The van der Waals surface area contributed by atoms with Crippen molar-refractivity contribution in [2.75, 3.05) is 254 Å². The van der Waals surface area contributed by atoms with Crippen molar-refractivity contribution in [3.8, 4) is 0 Å². The van der Waals surface area contributed by atoms with E-state index in [0.29, 0.717) is 0 Å². The Morgan fingerprint density at radius 1 is 0.188 bits per heavy atom. The van der Waals surface area contributed by atoms with Crippen LogP contribution in [-0.4, -0.2) is 429 Å². The van der Waals surface area contributed by atoms with Gasteiger partial charge in [0.05, 0.1) is 0 Å². The lowest BCUT2D eigenvalue weighted by Gasteiger charge is -2.35. The lowest BCUT2D eigenvalue weighted by atomic mass is 10.3. The zero-order valence-electron chi connectivity index (χ0n) is 87.3. The Kier molecular flexibility index (Phi) is 60.0. The van der Waals surface area contributed by atoms with Crippen molar-refractivity contribution >= 4 is 164 Å². The molecular formula is C72H138F6N36O18P12. The summed E-state index contributed by atoms with van der Waals surface area (Å²) in [6.45, 7) is 0. The normalized spacial score (nSPS) is 13.3. The molecule has 0 bridgehead atoms. The summed E-state index contributed by atoms with van der Waals surface area (Å²) in [7, 11) is 36.1. The number of para-hydroxylation sites is 6. The molecule has 6 aromatic carbocycles. The van der Waals surface area contributed by atoms with E-state index in [1.165, 1.54) is 29.1 Å². The molecule has 6 unspecified atom stereocenters. The van der Waals surface area contributed by atoms with Gasteiger partial charge in [-0.2, -0.15) is 27.7 Å². The predicted molar refractivity (Wildman–Crippen MR) is 553 cm³/mol. The molecule has 0 fully saturated rings. The summed E-state index contributed by atoms with van der Waals surface area (Å²) in [5, 5.41) is 49.5. The van der Waals surface area contributed by atoms with Crippen LogP contribution >= 0.6 is 97.7 Å². The number of nitrogens with zero attached hydrogens (tertiary/aromatic N) is 36. The Morgan fingerprint density at radius 3 is 0.340 bits per heavy atom. The standard InChI is InChI=1S/6C12H22N6OP.6FH2O2P/c6*1-15(2)20(16(3)4,17(5)6)19-18-12-10-8-7-9-11(12)13-14-18;6*1-4(2)3/h6*7-10H,1-6H3;6*4H,(H,2,3)/q6*+1;;;;;;/p-6. The van der Waals surface area contributed by atoms with Gasteiger partial charge in [0.25, 0.3) is 0 Å². The summed E-state index contributed by atoms with van der Waals surface area (Å²) < 4.78 is 186. The van der Waals surface area contributed by atoms with Crippen LogP contribution < -0.4 is 57.1 Å². The molecule has 0 spiro atoms. The van der Waals surface area contributed by atoms with Crippen LogP contribution in [0.2, 0.25) is 0 Å². The molecule has 0 radical (unpaired) electrons. The number of rotatable bonds is 30. The number of hydrogen-bond acceptors (Lipinski definition) is 48. The van der Waals surface area contributed by atoms with E-state index in [2.05, 4.69) is 146 Å². The summed E-state index contributed by atoms with van der Waals surface area (Å²) in [6, 6.07) is 46.6. The summed E-state index contributed by atoms with van der Waals surface area (Å²) >= 11 is 0. The Balaban J connectivity index is 0.000000824. The highest BCUT2D eigenvalue weighted by molar-refractivity contribution is 7.66. The lowest BCUT2D eigenvalue weighted by molar-refractivity contribution is -0.175. The van der Waals surface area contributed by atoms with Gasteiger partial charge in [-0.05, 0) is 133 Å². The molecule has 0 aliphatic heterocycles. The molecule has 0 N–H and O–H groups in total. The molecule has 6 atom stereocenters. The van der Waals surface area contributed by atoms with Crippen LogP contribution in [0.25, 0.3) is 66.2 Å². The first-order valence-electron chi connectivity index (χ1n) is 41.5. The summed E-state index contributed by atoms with van der Waals surface area (Å²) in [5.41, 5.74) is 10.1. The maximum atomic E-state index is 9.99. The van der Waals surface area contributed by atoms with Gasteiger partial charge in [-0.1, -0.05) is 72.8 Å². The third-order valence-electron chi connectivity index (χ3n) is 18.4. The van der Waals surface area contributed by atoms with Crippen LogP contribution in [0.3, 0.4) is 0 Å². The molecule has 54 nitrogen and oxygen atoms in total. The maximum Gasteiger partial charge on any atom is 0.449 e. The third-order valence-corrected chi connectivity index (χ3v) is 39.4. The zero-order chi connectivity index (χ0) is 111. The van der Waals surface area contributed by atoms with Crippen molar-refractivity contribution < 1.29 is 110 Å². The van der Waals surface area contributed by atoms with E-state index in [-0.39, 0.29) is 0 Å². The Bertz CT molecular complexity index is 4830. The minimum Gasteiger partial charge on any atom is -0.777 e. The summed E-state index contributed by atoms with van der Waals surface area (Å²) in [5.74, 6) is 0. The van der Waals surface area contributed by atoms with Gasteiger partial charge in [-0.25, -0.2) is 25.2 Å². The summed E-state index contributed by atoms with van der Waals surface area (Å²) in [6.07, 6.45) is 0. The van der Waals surface area contributed by atoms with Crippen LogP contribution in [0.5, 0.6) is 0 Å². The van der Waals surface area contributed by atoms with E-state index >= 15 is 0 Å². The molecular weight excluding hydrogens is 2140 g/mol. The highest BCUT2D eigenvalue weighted by Crippen LogP contribution is 2.66. The molecule has 72 heteroatoms. The van der Waals surface area contributed by atoms with E-state index in [1.807, 2.05) is 399 Å². The quantitative estimate of drug-likeness (QED) is 0.0392. The Hall–Kier alpha value is -6.90. The molecule has 0 aliphatic carbocycles. The smallest absolute Gasteiger partial charge is 0.449 e. The highest BCUT2D eigenvalue weighted by atomic mass is 31.2. The molecule has 6 heterocycles. The minimum absolute atomic E-state index is 0.821. The minimum atomic E-state index is -3.88. The molecule has 0 saturated carbocycles. The average Bonchev–Trinajstić information content (AvgIpc) is 1.72. The van der Waals surface area contributed by atoms with Crippen LogP contribution in [0.1, 0.15) is 0 Å². The van der Waals surface area contributed by atoms with Crippen LogP contribution in [-0.2, 0) is 27.4 Å². The van der Waals surface area contributed by atoms with E-state index in [9.17, 15) is 25.2 Å². The average molecular weight is 2280 g/mol. The van der Waals surface area contributed by atoms with Gasteiger partial charge in [-0.3, -0.25) is 0 Å². The number of benzene rings is 6. The number of hydrogen-bond donors (Lipinski definition) is 0. The highest BCUT2D eigenvalue weighted by Gasteiger charge is 2.60. The SMILES string of the molecule is CN(C)[P+](On1nnc2ccccc21)(N(C)C)N(C)C.CN(C)[P+](On1nnc2ccccc21)(N(C)C)N(C)C.CN(C)[P+](On1nnc2ccccc21)(N(C)C)N(C)C.CN(C)[P+](On1nnc2ccccc21)(N(C)C)N(C)C.CN(C)[P+](On1nnc2ccccc21)(N(C)C)N(C)C.CN(C)[P+](On1nnc2ccccc21)(N(C)C)N(C)C.O=[PH]([O-])F.O=[PH]([O-])F.O=[PH]([O-])F.O=[PH]([O-])F.O=[PH]([O-])F.O=[PH]([O-])F. The van der Waals surface area contributed by atoms with Crippen molar-refractivity contribution in [2.24, 2.45) is 0 Å². The first-order valence-corrected chi connectivity index (χ1v) is 58.1. The van der Waals surface area contributed by atoms with E-state index < -0.39 is 97.7 Å². The van der Waals surface area contributed by atoms with Crippen molar-refractivity contribution in [3.63, 3.8) is 0 Å². The fourth-order valence-corrected chi connectivity index (χ4v) is 31.3. The molecule has 12 aromatic rings. The van der Waals surface area contributed by atoms with E-state index in [1.54, 1.807) is 0 Å². The van der Waals surface area contributed by atoms with Gasteiger partial charge >= 0.3 is 47.6 Å². The second-order valence-electron chi connectivity index (χ2n) is 32.0. The van der Waals surface area contributed by atoms with Crippen molar-refractivity contribution in [1.82, 2.24) is 175 Å². The van der Waals surface area contributed by atoms with Crippen molar-refractivity contribution in [2.45, 2.75) is 0 Å². The van der Waals surface area contributed by atoms with Crippen molar-refractivity contribution in [1.29, 1.82) is 0 Å². The van der Waals surface area contributed by atoms with Gasteiger partial charge in [0.15, 0.2) is 50.0 Å². The molecule has 144 heavy (non-hydrogen) atoms. The first-order chi connectivity index (χ1) is 66.7. The maximum absolute atomic E-state index is 9.99. The number of fused-ring (bicyclic) bond motifs is 6.